The van der Waals surface area contributed by atoms with E-state index in [4.69, 9.17) is 38.9 Å². The van der Waals surface area contributed by atoms with Crippen LogP contribution in [0.15, 0.2) is 60.0 Å². The van der Waals surface area contributed by atoms with E-state index < -0.39 is 47.4 Å². The minimum atomic E-state index is -3.03. The number of nitrogens with zero attached hydrogens (tertiary/aromatic N) is 8. The first-order valence-electron chi connectivity index (χ1n) is 13.7. The van der Waals surface area contributed by atoms with Crippen LogP contribution < -0.4 is 10.9 Å². The molecule has 18 heteroatoms. The summed E-state index contributed by atoms with van der Waals surface area (Å²) in [4.78, 5) is 35.7. The van der Waals surface area contributed by atoms with Gasteiger partial charge in [0.2, 0.25) is 5.91 Å². The van der Waals surface area contributed by atoms with Crippen molar-refractivity contribution >= 4 is 50.5 Å². The van der Waals surface area contributed by atoms with Gasteiger partial charge in [0, 0.05) is 23.7 Å². The van der Waals surface area contributed by atoms with Crippen molar-refractivity contribution in [2.45, 2.75) is 37.6 Å². The Balaban J connectivity index is 1.50. The summed E-state index contributed by atoms with van der Waals surface area (Å²) in [6, 6.07) is 5.90. The molecule has 1 aromatic carbocycles. The fraction of sp³-hybridized carbons (Fsp3) is 0.250. The number of carbonyl (C=O) groups excluding carboxylic acids is 1. The molecule has 4 aromatic heterocycles. The number of benzene rings is 1. The quantitative estimate of drug-likeness (QED) is 0.266. The normalized spacial score (nSPS) is 20.1. The Hall–Kier alpha value is -4.43. The zero-order valence-corrected chi connectivity index (χ0v) is 25.2. The molecule has 230 valence electrons. The molecule has 4 radical (unpaired) electrons. The van der Waals surface area contributed by atoms with Crippen molar-refractivity contribution < 1.29 is 18.0 Å². The van der Waals surface area contributed by atoms with Crippen LogP contribution in [0.4, 0.5) is 18.9 Å². The number of amides is 1. The zero-order chi connectivity index (χ0) is 32.9. The maximum atomic E-state index is 15.5. The van der Waals surface area contributed by atoms with Crippen molar-refractivity contribution in [1.29, 1.82) is 0 Å². The van der Waals surface area contributed by atoms with Gasteiger partial charge in [0.1, 0.15) is 0 Å². The molecule has 0 aliphatic carbocycles. The van der Waals surface area contributed by atoms with E-state index in [9.17, 15) is 18.4 Å². The number of rotatable bonds is 4. The number of fused-ring (bicyclic) bond motifs is 4. The van der Waals surface area contributed by atoms with Gasteiger partial charge in [-0.2, -0.15) is 13.9 Å². The van der Waals surface area contributed by atoms with Gasteiger partial charge in [-0.25, -0.2) is 18.7 Å². The van der Waals surface area contributed by atoms with E-state index in [1.807, 2.05) is 0 Å². The van der Waals surface area contributed by atoms with E-state index in [1.165, 1.54) is 52.2 Å². The van der Waals surface area contributed by atoms with Crippen LogP contribution in [0, 0.1) is 11.7 Å². The van der Waals surface area contributed by atoms with Gasteiger partial charge in [0.25, 0.3) is 5.56 Å². The predicted molar refractivity (Wildman–Crippen MR) is 165 cm³/mol. The highest BCUT2D eigenvalue weighted by atomic mass is 35.5. The number of hydrogen-bond donors (Lipinski definition) is 1. The van der Waals surface area contributed by atoms with Crippen LogP contribution in [0.2, 0.25) is 21.8 Å². The smallest absolute Gasteiger partial charge is 0.323 e. The van der Waals surface area contributed by atoms with Crippen molar-refractivity contribution in [2.75, 3.05) is 5.32 Å². The molecule has 0 saturated heterocycles. The van der Waals surface area contributed by atoms with Gasteiger partial charge >= 0.3 is 6.55 Å². The fourth-order valence-corrected chi connectivity index (χ4v) is 5.65. The van der Waals surface area contributed by atoms with Crippen molar-refractivity contribution in [2.24, 2.45) is 5.92 Å². The summed E-state index contributed by atoms with van der Waals surface area (Å²) in [6.07, 6.45) is 5.01. The molecule has 1 aliphatic rings. The third-order valence-corrected chi connectivity index (χ3v) is 8.29. The van der Waals surface area contributed by atoms with Crippen LogP contribution in [0.25, 0.3) is 28.2 Å². The molecular weight excluding hydrogens is 644 g/mol. The van der Waals surface area contributed by atoms with Gasteiger partial charge < -0.3 is 5.32 Å². The van der Waals surface area contributed by atoms with E-state index in [-0.39, 0.29) is 56.2 Å². The predicted octanol–water partition coefficient (Wildman–Crippen LogP) is 5.07. The topological polar surface area (TPSA) is 125 Å². The number of pyridine rings is 1. The van der Waals surface area contributed by atoms with Crippen molar-refractivity contribution in [1.82, 2.24) is 39.3 Å². The van der Waals surface area contributed by atoms with Crippen molar-refractivity contribution in [3.05, 3.63) is 87.3 Å². The van der Waals surface area contributed by atoms with Gasteiger partial charge in [-0.15, -0.1) is 5.10 Å². The molecule has 5 aromatic rings. The lowest BCUT2D eigenvalue weighted by Gasteiger charge is -2.31. The SMILES string of the molecule is [B]C1C[C@H](n2cnc(-c3c(-n4cc(Cl)nn4)ccc(Cl)c3F)cc2=O)c2cc(ccn2)-c2c(cnn2C(F)F)NC(=O)[C@H](C)C1[B]. The Labute approximate surface area is 271 Å². The summed E-state index contributed by atoms with van der Waals surface area (Å²) in [5.74, 6) is -4.04. The van der Waals surface area contributed by atoms with Crippen molar-refractivity contribution in [3.8, 4) is 28.2 Å². The average Bonchev–Trinajstić information content (AvgIpc) is 3.66. The first-order chi connectivity index (χ1) is 21.9. The molecule has 11 nitrogen and oxygen atoms in total. The molecule has 0 spiro atoms. The first-order valence-corrected chi connectivity index (χ1v) is 14.5. The molecule has 1 amide bonds. The highest BCUT2D eigenvalue weighted by molar-refractivity contribution is 6.31. The number of hydrogen-bond acceptors (Lipinski definition) is 7. The van der Waals surface area contributed by atoms with Crippen LogP contribution in [0.1, 0.15) is 31.6 Å². The number of nitrogens with one attached hydrogen (secondary N) is 1. The highest BCUT2D eigenvalue weighted by Crippen LogP contribution is 2.40. The lowest BCUT2D eigenvalue weighted by Crippen LogP contribution is -2.31. The van der Waals surface area contributed by atoms with E-state index in [0.717, 1.165) is 12.3 Å². The van der Waals surface area contributed by atoms with Crippen LogP contribution in [-0.4, -0.2) is 60.9 Å². The highest BCUT2D eigenvalue weighted by Gasteiger charge is 2.31. The molecule has 1 N–H and O–H groups in total. The Kier molecular flexibility index (Phi) is 8.51. The van der Waals surface area contributed by atoms with Crippen LogP contribution in [0.5, 0.6) is 0 Å². The lowest BCUT2D eigenvalue weighted by atomic mass is 9.59. The van der Waals surface area contributed by atoms with Crippen LogP contribution in [-0.2, 0) is 4.79 Å². The average molecular weight is 664 g/mol. The molecule has 0 fully saturated rings. The van der Waals surface area contributed by atoms with Gasteiger partial charge in [-0.1, -0.05) is 47.0 Å². The van der Waals surface area contributed by atoms with Crippen LogP contribution in [0.3, 0.4) is 0 Å². The molecule has 46 heavy (non-hydrogen) atoms. The summed E-state index contributed by atoms with van der Waals surface area (Å²) >= 11 is 12.0. The molecule has 0 saturated carbocycles. The molecule has 2 bridgehead atoms. The Bertz CT molecular complexity index is 2020. The summed E-state index contributed by atoms with van der Waals surface area (Å²) in [6.45, 7) is -1.48. The summed E-state index contributed by atoms with van der Waals surface area (Å²) in [7, 11) is 12.9. The van der Waals surface area contributed by atoms with Crippen molar-refractivity contribution in [3.63, 3.8) is 0 Å². The molecule has 4 atom stereocenters. The largest absolute Gasteiger partial charge is 0.333 e. The fourth-order valence-electron chi connectivity index (χ4n) is 5.37. The van der Waals surface area contributed by atoms with Gasteiger partial charge in [0.15, 0.2) is 11.0 Å². The summed E-state index contributed by atoms with van der Waals surface area (Å²) in [5, 5.41) is 13.8. The Morgan fingerprint density at radius 2 is 1.89 bits per heavy atom. The second kappa shape index (κ2) is 12.4. The zero-order valence-electron chi connectivity index (χ0n) is 23.7. The van der Waals surface area contributed by atoms with Gasteiger partial charge in [-0.3, -0.25) is 19.1 Å². The van der Waals surface area contributed by atoms with Crippen LogP contribution >= 0.6 is 23.2 Å². The van der Waals surface area contributed by atoms with Gasteiger partial charge in [-0.05, 0) is 30.7 Å². The standard InChI is InChI=1S/C28H20B2Cl2F3N9O2/c1-12-24(30)14(29)7-20(16-6-13(4-5-36-16)26-18(39-27(12)46)9-38-44(26)28(34)35)42-11-37-17(8-22(42)45)23-19(3-2-15(31)25(23)33)43-10-21(32)40-41-43/h2-6,8-12,14,20,24,28H,7H2,1H3,(H,39,46)/t12-,14?,20+,24?/m1/s1. The van der Waals surface area contributed by atoms with E-state index in [1.54, 1.807) is 6.92 Å². The first kappa shape index (κ1) is 31.5. The number of anilines is 1. The Morgan fingerprint density at radius 1 is 1.11 bits per heavy atom. The molecule has 5 heterocycles. The van der Waals surface area contributed by atoms with E-state index in [2.05, 4.69) is 30.7 Å². The number of carbonyl (C=O) groups is 1. The third-order valence-electron chi connectivity index (χ3n) is 7.83. The van der Waals surface area contributed by atoms with Gasteiger partial charge in [0.05, 0.1) is 79.5 Å². The molecule has 2 unspecified atom stereocenters. The second-order valence-corrected chi connectivity index (χ2v) is 11.4. The monoisotopic (exact) mass is 663 g/mol. The summed E-state index contributed by atoms with van der Waals surface area (Å²) in [5.41, 5.74) is -0.227. The summed E-state index contributed by atoms with van der Waals surface area (Å²) < 4.78 is 46.3. The maximum Gasteiger partial charge on any atom is 0.333 e. The maximum absolute atomic E-state index is 15.5. The van der Waals surface area contributed by atoms with E-state index in [0.29, 0.717) is 4.68 Å². The number of alkyl halides is 2. The minimum Gasteiger partial charge on any atom is -0.323 e. The minimum absolute atomic E-state index is 0.00856. The third kappa shape index (κ3) is 5.71. The Morgan fingerprint density at radius 3 is 2.59 bits per heavy atom. The second-order valence-electron chi connectivity index (χ2n) is 10.6. The molecular formula is C28H20B2Cl2F3N9O2. The lowest BCUT2D eigenvalue weighted by molar-refractivity contribution is -0.119. The number of aromatic nitrogens is 8. The number of halogens is 5. The molecule has 1 aliphatic heterocycles. The molecule has 6 rings (SSSR count). The van der Waals surface area contributed by atoms with E-state index >= 15 is 4.39 Å².